The molecular weight excluding hydrogens is 312 g/mol. The summed E-state index contributed by atoms with van der Waals surface area (Å²) in [5.74, 6) is -1.15. The van der Waals surface area contributed by atoms with Gasteiger partial charge in [-0.25, -0.2) is 4.79 Å². The van der Waals surface area contributed by atoms with Crippen LogP contribution in [0.2, 0.25) is 0 Å². The second kappa shape index (κ2) is 9.70. The Morgan fingerprint density at radius 1 is 0.917 bits per heavy atom. The Morgan fingerprint density at radius 2 is 1.46 bits per heavy atom. The second-order valence-corrected chi connectivity index (χ2v) is 5.32. The molecule has 24 heavy (non-hydrogen) atoms. The summed E-state index contributed by atoms with van der Waals surface area (Å²) in [6.45, 7) is 6.53. The number of esters is 3. The molecule has 132 valence electrons. The lowest BCUT2D eigenvalue weighted by molar-refractivity contribution is -0.132. The number of carbonyl (C=O) groups is 3. The molecule has 1 aromatic carbocycles. The van der Waals surface area contributed by atoms with Crippen LogP contribution < -0.4 is 9.47 Å². The van der Waals surface area contributed by atoms with E-state index in [1.54, 1.807) is 6.92 Å². The van der Waals surface area contributed by atoms with Gasteiger partial charge in [0.15, 0.2) is 0 Å². The molecule has 0 fully saturated rings. The van der Waals surface area contributed by atoms with Gasteiger partial charge in [0.1, 0.15) is 11.5 Å². The third-order valence-corrected chi connectivity index (χ3v) is 3.22. The first kappa shape index (κ1) is 19.7. The van der Waals surface area contributed by atoms with E-state index in [-0.39, 0.29) is 23.7 Å². The molecule has 6 nitrogen and oxygen atoms in total. The van der Waals surface area contributed by atoms with Gasteiger partial charge >= 0.3 is 17.9 Å². The Bertz CT molecular complexity index is 569. The lowest BCUT2D eigenvalue weighted by Gasteiger charge is -2.15. The van der Waals surface area contributed by atoms with Crippen LogP contribution in [-0.2, 0) is 20.7 Å². The summed E-state index contributed by atoms with van der Waals surface area (Å²) in [7, 11) is 0. The molecule has 0 aliphatic carbocycles. The number of hydrogen-bond donors (Lipinski definition) is 0. The molecule has 1 rings (SSSR count). The second-order valence-electron chi connectivity index (χ2n) is 5.32. The van der Waals surface area contributed by atoms with Gasteiger partial charge in [0.05, 0.1) is 12.2 Å². The highest BCUT2D eigenvalue weighted by atomic mass is 16.5. The van der Waals surface area contributed by atoms with Crippen LogP contribution in [0.5, 0.6) is 11.5 Å². The first-order valence-corrected chi connectivity index (χ1v) is 8.09. The van der Waals surface area contributed by atoms with Gasteiger partial charge in [-0.05, 0) is 31.9 Å². The summed E-state index contributed by atoms with van der Waals surface area (Å²) in [6.07, 6.45) is 3.42. The van der Waals surface area contributed by atoms with Crippen LogP contribution in [0.4, 0.5) is 0 Å². The van der Waals surface area contributed by atoms with Gasteiger partial charge in [0.2, 0.25) is 0 Å². The van der Waals surface area contributed by atoms with Crippen molar-refractivity contribution in [2.45, 2.75) is 53.4 Å². The number of benzene rings is 1. The third kappa shape index (κ3) is 6.02. The van der Waals surface area contributed by atoms with Gasteiger partial charge in [0, 0.05) is 19.4 Å². The van der Waals surface area contributed by atoms with E-state index < -0.39 is 17.9 Å². The van der Waals surface area contributed by atoms with Crippen LogP contribution in [0.3, 0.4) is 0 Å². The van der Waals surface area contributed by atoms with Gasteiger partial charge in [-0.3, -0.25) is 9.59 Å². The normalized spacial score (nSPS) is 10.2. The maximum Gasteiger partial charge on any atom is 0.338 e. The Morgan fingerprint density at radius 3 is 1.88 bits per heavy atom. The molecule has 0 radical (unpaired) electrons. The molecule has 0 unspecified atom stereocenters. The fourth-order valence-corrected chi connectivity index (χ4v) is 2.24. The Balaban J connectivity index is 3.34. The van der Waals surface area contributed by atoms with E-state index in [9.17, 15) is 14.4 Å². The predicted molar refractivity (Wildman–Crippen MR) is 88.2 cm³/mol. The van der Waals surface area contributed by atoms with Gasteiger partial charge in [-0.15, -0.1) is 0 Å². The minimum absolute atomic E-state index is 0.170. The van der Waals surface area contributed by atoms with Crippen molar-refractivity contribution in [2.24, 2.45) is 0 Å². The zero-order chi connectivity index (χ0) is 18.1. The van der Waals surface area contributed by atoms with Crippen molar-refractivity contribution in [1.82, 2.24) is 0 Å². The average Bonchev–Trinajstić information content (AvgIpc) is 2.48. The van der Waals surface area contributed by atoms with Crippen molar-refractivity contribution < 1.29 is 28.6 Å². The smallest absolute Gasteiger partial charge is 0.338 e. The minimum Gasteiger partial charge on any atom is -0.462 e. The Labute approximate surface area is 142 Å². The predicted octanol–water partition coefficient (Wildman–Crippen LogP) is 3.45. The van der Waals surface area contributed by atoms with Crippen LogP contribution in [-0.4, -0.2) is 24.5 Å². The molecule has 0 saturated carbocycles. The molecule has 0 heterocycles. The number of hydrogen-bond acceptors (Lipinski definition) is 6. The number of ether oxygens (including phenoxy) is 3. The van der Waals surface area contributed by atoms with Crippen molar-refractivity contribution in [3.05, 3.63) is 23.3 Å². The molecule has 0 aliphatic rings. The SMILES string of the molecule is CCCCCc1c(OC(C)=O)cc(C(=O)OCC)cc1OC(C)=O. The lowest BCUT2D eigenvalue weighted by Crippen LogP contribution is -2.12. The lowest BCUT2D eigenvalue weighted by atomic mass is 10.0. The average molecular weight is 336 g/mol. The van der Waals surface area contributed by atoms with Crippen molar-refractivity contribution >= 4 is 17.9 Å². The van der Waals surface area contributed by atoms with E-state index >= 15 is 0 Å². The van der Waals surface area contributed by atoms with Crippen LogP contribution in [0.25, 0.3) is 0 Å². The monoisotopic (exact) mass is 336 g/mol. The molecular formula is C18H24O6. The standard InChI is InChI=1S/C18H24O6/c1-5-7-8-9-15-16(23-12(3)19)10-14(18(21)22-6-2)11-17(15)24-13(4)20/h10-11H,5-9H2,1-4H3. The van der Waals surface area contributed by atoms with E-state index in [1.807, 2.05) is 0 Å². The number of unbranched alkanes of at least 4 members (excludes halogenated alkanes) is 2. The largest absolute Gasteiger partial charge is 0.462 e. The summed E-state index contributed by atoms with van der Waals surface area (Å²) in [5.41, 5.74) is 0.769. The minimum atomic E-state index is -0.570. The highest BCUT2D eigenvalue weighted by molar-refractivity contribution is 5.91. The van der Waals surface area contributed by atoms with E-state index in [1.165, 1.54) is 26.0 Å². The molecule has 6 heteroatoms. The van der Waals surface area contributed by atoms with Crippen LogP contribution in [0.1, 0.15) is 62.9 Å². The highest BCUT2D eigenvalue weighted by Gasteiger charge is 2.19. The maximum absolute atomic E-state index is 12.0. The first-order chi connectivity index (χ1) is 11.4. The molecule has 0 amide bonds. The summed E-state index contributed by atoms with van der Waals surface area (Å²) >= 11 is 0. The van der Waals surface area contributed by atoms with Gasteiger partial charge in [-0.2, -0.15) is 0 Å². The van der Waals surface area contributed by atoms with Crippen LogP contribution >= 0.6 is 0 Å². The number of rotatable bonds is 8. The molecule has 0 aliphatic heterocycles. The fourth-order valence-electron chi connectivity index (χ4n) is 2.24. The van der Waals surface area contributed by atoms with E-state index in [2.05, 4.69) is 6.92 Å². The number of carbonyl (C=O) groups excluding carboxylic acids is 3. The van der Waals surface area contributed by atoms with Crippen LogP contribution in [0.15, 0.2) is 12.1 Å². The van der Waals surface area contributed by atoms with Gasteiger partial charge < -0.3 is 14.2 Å². The first-order valence-electron chi connectivity index (χ1n) is 8.09. The molecule has 0 spiro atoms. The summed E-state index contributed by atoms with van der Waals surface area (Å²) in [4.78, 5) is 34.8. The summed E-state index contributed by atoms with van der Waals surface area (Å²) in [5, 5.41) is 0. The van der Waals surface area contributed by atoms with Gasteiger partial charge in [-0.1, -0.05) is 19.8 Å². The molecule has 0 N–H and O–H groups in total. The van der Waals surface area contributed by atoms with E-state index in [4.69, 9.17) is 14.2 Å². The quantitative estimate of drug-likeness (QED) is 0.411. The molecule has 0 bridgehead atoms. The zero-order valence-corrected chi connectivity index (χ0v) is 14.6. The Hall–Kier alpha value is -2.37. The third-order valence-electron chi connectivity index (χ3n) is 3.22. The van der Waals surface area contributed by atoms with E-state index in [0.29, 0.717) is 12.0 Å². The van der Waals surface area contributed by atoms with E-state index in [0.717, 1.165) is 19.3 Å². The molecule has 0 saturated heterocycles. The summed E-state index contributed by atoms with van der Waals surface area (Å²) < 4.78 is 15.4. The molecule has 1 aromatic rings. The maximum atomic E-state index is 12.0. The van der Waals surface area contributed by atoms with Crippen molar-refractivity contribution in [2.75, 3.05) is 6.61 Å². The summed E-state index contributed by atoms with van der Waals surface area (Å²) in [6, 6.07) is 2.90. The van der Waals surface area contributed by atoms with Gasteiger partial charge in [0.25, 0.3) is 0 Å². The van der Waals surface area contributed by atoms with Crippen molar-refractivity contribution in [3.8, 4) is 11.5 Å². The molecule has 0 atom stereocenters. The zero-order valence-electron chi connectivity index (χ0n) is 14.6. The highest BCUT2D eigenvalue weighted by Crippen LogP contribution is 2.33. The topological polar surface area (TPSA) is 78.9 Å². The van der Waals surface area contributed by atoms with Crippen LogP contribution in [0, 0.1) is 0 Å². The molecule has 0 aromatic heterocycles. The fraction of sp³-hybridized carbons (Fsp3) is 0.500. The van der Waals surface area contributed by atoms with Crippen molar-refractivity contribution in [1.29, 1.82) is 0 Å². The van der Waals surface area contributed by atoms with Crippen molar-refractivity contribution in [3.63, 3.8) is 0 Å². The Kier molecular flexibility index (Phi) is 7.95.